The van der Waals surface area contributed by atoms with Gasteiger partial charge in [-0.3, -0.25) is 0 Å². The van der Waals surface area contributed by atoms with Crippen molar-refractivity contribution in [2.75, 3.05) is 0 Å². The molecule has 0 radical (unpaired) electrons. The third kappa shape index (κ3) is 5.81. The molecule has 2 aliphatic rings. The number of hydrogen-bond acceptors (Lipinski definition) is 5. The van der Waals surface area contributed by atoms with Crippen LogP contribution >= 0.6 is 0 Å². The summed E-state index contributed by atoms with van der Waals surface area (Å²) in [5, 5.41) is 9.94. The van der Waals surface area contributed by atoms with E-state index in [9.17, 15) is 9.90 Å². The molecule has 0 atom stereocenters. The first-order valence-corrected chi connectivity index (χ1v) is 19.3. The lowest BCUT2D eigenvalue weighted by atomic mass is 10.00. The van der Waals surface area contributed by atoms with Crippen LogP contribution < -0.4 is 0 Å². The molecule has 0 spiro atoms. The van der Waals surface area contributed by atoms with Gasteiger partial charge < -0.3 is 15.1 Å². The minimum Gasteiger partial charge on any atom is -0.478 e. The first kappa shape index (κ1) is 34.1. The van der Waals surface area contributed by atoms with Crippen LogP contribution in [-0.4, -0.2) is 41.0 Å². The van der Waals surface area contributed by atoms with Gasteiger partial charge in [-0.25, -0.2) is 24.7 Å². The summed E-state index contributed by atoms with van der Waals surface area (Å²) in [6, 6.07) is 54.2. The number of aromatic carboxylic acids is 1. The molecule has 0 saturated carbocycles. The Hall–Kier alpha value is -8.23. The number of H-pyrrole nitrogens is 2. The summed E-state index contributed by atoms with van der Waals surface area (Å²) in [7, 11) is 0. The Bertz CT molecular complexity index is 3340. The summed E-state index contributed by atoms with van der Waals surface area (Å²) in [6.45, 7) is 0. The van der Waals surface area contributed by atoms with E-state index in [1.54, 1.807) is 18.2 Å². The zero-order valence-corrected chi connectivity index (χ0v) is 31.4. The number of aromatic nitrogens is 6. The van der Waals surface area contributed by atoms with Crippen LogP contribution in [0.25, 0.3) is 113 Å². The maximum Gasteiger partial charge on any atom is 0.335 e. The summed E-state index contributed by atoms with van der Waals surface area (Å²) >= 11 is 0. The molecule has 3 N–H and O–H groups in total. The van der Waals surface area contributed by atoms with Crippen molar-refractivity contribution in [3.05, 3.63) is 181 Å². The number of nitrogens with one attached hydrogen (secondary N) is 2. The fourth-order valence-electron chi connectivity index (χ4n) is 8.24. The highest BCUT2D eigenvalue weighted by Crippen LogP contribution is 2.46. The van der Waals surface area contributed by atoms with Crippen LogP contribution in [0.15, 0.2) is 164 Å². The number of carboxylic acid groups (broad SMARTS) is 1. The SMILES string of the molecule is O=C(O)c1ccc2nc3c(nc2c1)-c1nc-3c(-c2ccccc2)c2ccc([nH]2)c(-c2ccccc2)c2nc(c(-c3ccccc3)c3ccc([nH]3)c1-c1ccccc1)C=C2. The number of aromatic amines is 2. The van der Waals surface area contributed by atoms with E-state index in [0.717, 1.165) is 78.0 Å². The van der Waals surface area contributed by atoms with E-state index in [4.69, 9.17) is 19.9 Å². The van der Waals surface area contributed by atoms with Crippen LogP contribution in [-0.2, 0) is 0 Å². The van der Waals surface area contributed by atoms with E-state index < -0.39 is 5.97 Å². The maximum atomic E-state index is 12.1. The van der Waals surface area contributed by atoms with Crippen molar-refractivity contribution in [2.45, 2.75) is 0 Å². The van der Waals surface area contributed by atoms with Crippen molar-refractivity contribution >= 4 is 51.2 Å². The number of rotatable bonds is 5. The van der Waals surface area contributed by atoms with Crippen molar-refractivity contribution in [3.8, 4) is 67.3 Å². The lowest BCUT2D eigenvalue weighted by Crippen LogP contribution is -1.98. The van der Waals surface area contributed by atoms with Gasteiger partial charge in [0.15, 0.2) is 0 Å². The van der Waals surface area contributed by atoms with Crippen LogP contribution in [0, 0.1) is 0 Å². The van der Waals surface area contributed by atoms with E-state index in [0.29, 0.717) is 33.8 Å². The Kier molecular flexibility index (Phi) is 7.94. The zero-order valence-electron chi connectivity index (χ0n) is 31.4. The van der Waals surface area contributed by atoms with Gasteiger partial charge in [0, 0.05) is 44.3 Å². The normalized spacial score (nSPS) is 11.8. The highest BCUT2D eigenvalue weighted by atomic mass is 16.4. The van der Waals surface area contributed by atoms with E-state index in [2.05, 4.69) is 94.9 Å². The average Bonchev–Trinajstić information content (AvgIpc) is 4.12. The minimum atomic E-state index is -1.03. The van der Waals surface area contributed by atoms with E-state index in [-0.39, 0.29) is 5.56 Å². The van der Waals surface area contributed by atoms with Gasteiger partial charge >= 0.3 is 5.97 Å². The summed E-state index contributed by atoms with van der Waals surface area (Å²) in [6.07, 6.45) is 4.19. The van der Waals surface area contributed by atoms with E-state index >= 15 is 0 Å². The minimum absolute atomic E-state index is 0.133. The van der Waals surface area contributed by atoms with Crippen molar-refractivity contribution in [2.24, 2.45) is 0 Å². The lowest BCUT2D eigenvalue weighted by molar-refractivity contribution is 0.0697. The van der Waals surface area contributed by atoms with Gasteiger partial charge in [0.05, 0.1) is 28.0 Å². The second-order valence-corrected chi connectivity index (χ2v) is 14.5. The van der Waals surface area contributed by atoms with Crippen molar-refractivity contribution in [3.63, 3.8) is 0 Å². The predicted molar refractivity (Wildman–Crippen MR) is 236 cm³/mol. The number of fused-ring (bicyclic) bond motifs is 12. The quantitative estimate of drug-likeness (QED) is 0.161. The van der Waals surface area contributed by atoms with Crippen molar-refractivity contribution in [1.29, 1.82) is 0 Å². The second kappa shape index (κ2) is 13.8. The third-order valence-corrected chi connectivity index (χ3v) is 10.9. The molecule has 0 aliphatic carbocycles. The molecule has 8 heteroatoms. The molecule has 6 heterocycles. The molecule has 59 heavy (non-hydrogen) atoms. The predicted octanol–water partition coefficient (Wildman–Crippen LogP) is 12.1. The van der Waals surface area contributed by atoms with Gasteiger partial charge in [-0.15, -0.1) is 0 Å². The number of carboxylic acids is 1. The second-order valence-electron chi connectivity index (χ2n) is 14.5. The van der Waals surface area contributed by atoms with Gasteiger partial charge in [0.1, 0.15) is 22.8 Å². The Morgan fingerprint density at radius 2 is 0.780 bits per heavy atom. The van der Waals surface area contributed by atoms with Gasteiger partial charge in [0.25, 0.3) is 0 Å². The Balaban J connectivity index is 1.38. The summed E-state index contributed by atoms with van der Waals surface area (Å²) in [4.78, 5) is 41.2. The molecule has 0 amide bonds. The number of nitrogens with zero attached hydrogens (tertiary/aromatic N) is 4. The molecule has 0 unspecified atom stereocenters. The standard InChI is InChI=1S/C51H32N6O2/c58-51(59)34-21-22-35-42(29-34)56-50-48-46(33-19-11-4-12-20-33)41-28-26-39(54-41)44(31-15-7-2-8-16-31)37-24-23-36(52-37)43(30-13-5-1-6-14-30)38-25-27-40(53-38)45(32-17-9-3-10-18-32)47(57-48)49(50)55-35/h1-29,53-54H,(H,58,59). The van der Waals surface area contributed by atoms with Gasteiger partial charge in [-0.1, -0.05) is 121 Å². The molecule has 9 aromatic rings. The highest BCUT2D eigenvalue weighted by molar-refractivity contribution is 6.05. The summed E-state index contributed by atoms with van der Waals surface area (Å²) < 4.78 is 0. The lowest BCUT2D eigenvalue weighted by Gasteiger charge is -2.08. The Labute approximate surface area is 337 Å². The molecular weight excluding hydrogens is 729 g/mol. The highest BCUT2D eigenvalue weighted by Gasteiger charge is 2.29. The first-order chi connectivity index (χ1) is 29.1. The smallest absolute Gasteiger partial charge is 0.335 e. The van der Waals surface area contributed by atoms with Gasteiger partial charge in [0.2, 0.25) is 0 Å². The molecule has 8 nitrogen and oxygen atoms in total. The molecule has 5 aromatic carbocycles. The van der Waals surface area contributed by atoms with Gasteiger partial charge in [-0.2, -0.15) is 0 Å². The molecule has 4 aromatic heterocycles. The van der Waals surface area contributed by atoms with Crippen LogP contribution in [0.4, 0.5) is 0 Å². The molecule has 0 saturated heterocycles. The Morgan fingerprint density at radius 1 is 0.390 bits per heavy atom. The molecule has 2 aliphatic heterocycles. The van der Waals surface area contributed by atoms with E-state index in [1.165, 1.54) is 0 Å². The van der Waals surface area contributed by atoms with Crippen LogP contribution in [0.3, 0.4) is 0 Å². The molecule has 278 valence electrons. The van der Waals surface area contributed by atoms with Gasteiger partial charge in [-0.05, 0) is 76.9 Å². The fourth-order valence-corrected chi connectivity index (χ4v) is 8.24. The van der Waals surface area contributed by atoms with E-state index in [1.807, 2.05) is 72.8 Å². The van der Waals surface area contributed by atoms with Crippen LogP contribution in [0.1, 0.15) is 21.7 Å². The molecule has 11 rings (SSSR count). The molecule has 8 bridgehead atoms. The third-order valence-electron chi connectivity index (χ3n) is 10.9. The first-order valence-electron chi connectivity index (χ1n) is 19.3. The zero-order chi connectivity index (χ0) is 39.5. The number of hydrogen-bond donors (Lipinski definition) is 3. The van der Waals surface area contributed by atoms with Crippen molar-refractivity contribution in [1.82, 2.24) is 29.9 Å². The van der Waals surface area contributed by atoms with Crippen LogP contribution in [0.2, 0.25) is 0 Å². The maximum absolute atomic E-state index is 12.1. The summed E-state index contributed by atoms with van der Waals surface area (Å²) in [5.74, 6) is -1.03. The fraction of sp³-hybridized carbons (Fsp3) is 0. The number of benzene rings is 5. The topological polar surface area (TPSA) is 120 Å². The Morgan fingerprint density at radius 3 is 1.20 bits per heavy atom. The average molecular weight is 761 g/mol. The number of carbonyl (C=O) groups is 1. The molecular formula is C51H32N6O2. The van der Waals surface area contributed by atoms with Crippen LogP contribution in [0.5, 0.6) is 0 Å². The monoisotopic (exact) mass is 760 g/mol. The largest absolute Gasteiger partial charge is 0.478 e. The molecule has 0 fully saturated rings. The van der Waals surface area contributed by atoms with Crippen molar-refractivity contribution < 1.29 is 9.90 Å². The summed E-state index contributed by atoms with van der Waals surface area (Å²) in [5.41, 5.74) is 16.2.